The summed E-state index contributed by atoms with van der Waals surface area (Å²) >= 11 is 0. The number of aromatic nitrogens is 1. The van der Waals surface area contributed by atoms with Crippen LogP contribution in [0.15, 0.2) is 18.3 Å². The molecule has 0 unspecified atom stereocenters. The van der Waals surface area contributed by atoms with Crippen molar-refractivity contribution in [1.29, 1.82) is 0 Å². The number of hydrogen-bond donors (Lipinski definition) is 2. The van der Waals surface area contributed by atoms with Crippen molar-refractivity contribution in [3.8, 4) is 5.75 Å². The first kappa shape index (κ1) is 11.5. The lowest BCUT2D eigenvalue weighted by Crippen LogP contribution is -2.05. The van der Waals surface area contributed by atoms with Crippen LogP contribution < -0.4 is 15.8 Å². The molecule has 1 rings (SSSR count). The van der Waals surface area contributed by atoms with Crippen molar-refractivity contribution < 1.29 is 4.74 Å². The molecule has 0 saturated heterocycles. The molecule has 0 spiro atoms. The topological polar surface area (TPSA) is 60.2 Å². The molecule has 15 heavy (non-hydrogen) atoms. The molecule has 4 nitrogen and oxygen atoms in total. The van der Waals surface area contributed by atoms with E-state index in [4.69, 9.17) is 10.5 Å². The molecule has 4 heteroatoms. The van der Waals surface area contributed by atoms with Crippen molar-refractivity contribution in [3.05, 3.63) is 23.9 Å². The van der Waals surface area contributed by atoms with E-state index in [2.05, 4.69) is 16.4 Å². The summed E-state index contributed by atoms with van der Waals surface area (Å²) in [5.41, 5.74) is 6.60. The number of nitrogens with zero attached hydrogens (tertiary/aromatic N) is 1. The first-order valence-electron chi connectivity index (χ1n) is 4.88. The number of anilines is 1. The van der Waals surface area contributed by atoms with Crippen LogP contribution in [0.4, 0.5) is 5.82 Å². The predicted molar refractivity (Wildman–Crippen MR) is 62.8 cm³/mol. The number of rotatable bonds is 5. The van der Waals surface area contributed by atoms with Gasteiger partial charge in [0.15, 0.2) is 11.6 Å². The first-order valence-corrected chi connectivity index (χ1v) is 4.88. The third kappa shape index (κ3) is 3.59. The Morgan fingerprint density at radius 1 is 1.60 bits per heavy atom. The van der Waals surface area contributed by atoms with E-state index in [1.165, 1.54) is 0 Å². The molecule has 3 N–H and O–H groups in total. The van der Waals surface area contributed by atoms with Crippen LogP contribution in [0.1, 0.15) is 12.0 Å². The SMILES string of the molecule is CNCCC=Cc1cnc(N)c(OC)c1. The lowest BCUT2D eigenvalue weighted by molar-refractivity contribution is 0.415. The molecular formula is C11H17N3O. The van der Waals surface area contributed by atoms with Crippen molar-refractivity contribution in [3.63, 3.8) is 0 Å². The van der Waals surface area contributed by atoms with Crippen molar-refractivity contribution in [2.24, 2.45) is 0 Å². The normalized spacial score (nSPS) is 10.8. The van der Waals surface area contributed by atoms with Gasteiger partial charge in [-0.25, -0.2) is 4.98 Å². The van der Waals surface area contributed by atoms with Crippen molar-refractivity contribution in [1.82, 2.24) is 10.3 Å². The maximum Gasteiger partial charge on any atom is 0.166 e. The number of pyridine rings is 1. The van der Waals surface area contributed by atoms with Gasteiger partial charge in [0.1, 0.15) is 0 Å². The quantitative estimate of drug-likeness (QED) is 0.714. The summed E-state index contributed by atoms with van der Waals surface area (Å²) in [6.07, 6.45) is 6.81. The highest BCUT2D eigenvalue weighted by Crippen LogP contribution is 2.19. The molecule has 0 amide bonds. The van der Waals surface area contributed by atoms with E-state index in [0.717, 1.165) is 18.5 Å². The van der Waals surface area contributed by atoms with Gasteiger partial charge in [-0.2, -0.15) is 0 Å². The number of nitrogens with two attached hydrogens (primary N) is 1. The van der Waals surface area contributed by atoms with Crippen molar-refractivity contribution in [2.75, 3.05) is 26.4 Å². The van der Waals surface area contributed by atoms with Gasteiger partial charge in [-0.15, -0.1) is 0 Å². The molecule has 0 aliphatic heterocycles. The highest BCUT2D eigenvalue weighted by atomic mass is 16.5. The van der Waals surface area contributed by atoms with Crippen LogP contribution in [0.25, 0.3) is 6.08 Å². The lowest BCUT2D eigenvalue weighted by atomic mass is 10.2. The van der Waals surface area contributed by atoms with Gasteiger partial charge in [0, 0.05) is 6.20 Å². The molecule has 1 aromatic heterocycles. The fourth-order valence-corrected chi connectivity index (χ4v) is 1.17. The van der Waals surface area contributed by atoms with Crippen LogP contribution in [0.2, 0.25) is 0 Å². The number of nitrogen functional groups attached to an aromatic ring is 1. The average molecular weight is 207 g/mol. The highest BCUT2D eigenvalue weighted by molar-refractivity contribution is 5.56. The fraction of sp³-hybridized carbons (Fsp3) is 0.364. The van der Waals surface area contributed by atoms with Gasteiger partial charge in [-0.1, -0.05) is 12.2 Å². The third-order valence-corrected chi connectivity index (χ3v) is 1.99. The predicted octanol–water partition coefficient (Wildman–Crippen LogP) is 1.30. The van der Waals surface area contributed by atoms with Gasteiger partial charge in [0.25, 0.3) is 0 Å². The second-order valence-electron chi connectivity index (χ2n) is 3.15. The first-order chi connectivity index (χ1) is 7.27. The monoisotopic (exact) mass is 207 g/mol. The minimum Gasteiger partial charge on any atom is -0.493 e. The number of nitrogens with one attached hydrogen (secondary N) is 1. The Bertz CT molecular complexity index is 337. The summed E-state index contributed by atoms with van der Waals surface area (Å²) < 4.78 is 5.08. The molecule has 1 heterocycles. The summed E-state index contributed by atoms with van der Waals surface area (Å²) in [6, 6.07) is 1.87. The second-order valence-corrected chi connectivity index (χ2v) is 3.15. The van der Waals surface area contributed by atoms with Crippen LogP contribution in [-0.2, 0) is 0 Å². The summed E-state index contributed by atoms with van der Waals surface area (Å²) in [4.78, 5) is 4.03. The fourth-order valence-electron chi connectivity index (χ4n) is 1.17. The largest absolute Gasteiger partial charge is 0.493 e. The minimum atomic E-state index is 0.421. The molecule has 0 atom stereocenters. The molecule has 0 fully saturated rings. The Balaban J connectivity index is 2.65. The third-order valence-electron chi connectivity index (χ3n) is 1.99. The van der Waals surface area contributed by atoms with E-state index in [0.29, 0.717) is 11.6 Å². The molecular weight excluding hydrogens is 190 g/mol. The standard InChI is InChI=1S/C11H17N3O/c1-13-6-4-3-5-9-7-10(15-2)11(12)14-8-9/h3,5,7-8,13H,4,6H2,1-2H3,(H2,12,14). The van der Waals surface area contributed by atoms with E-state index in [1.807, 2.05) is 19.2 Å². The Hall–Kier alpha value is -1.55. The number of hydrogen-bond acceptors (Lipinski definition) is 4. The summed E-state index contributed by atoms with van der Waals surface area (Å²) in [6.45, 7) is 0.968. The maximum atomic E-state index is 5.61. The molecule has 82 valence electrons. The zero-order chi connectivity index (χ0) is 11.1. The minimum absolute atomic E-state index is 0.421. The second kappa shape index (κ2) is 6.03. The van der Waals surface area contributed by atoms with E-state index in [9.17, 15) is 0 Å². The van der Waals surface area contributed by atoms with Gasteiger partial charge in [0.2, 0.25) is 0 Å². The smallest absolute Gasteiger partial charge is 0.166 e. The van der Waals surface area contributed by atoms with Crippen molar-refractivity contribution >= 4 is 11.9 Å². The highest BCUT2D eigenvalue weighted by Gasteiger charge is 1.99. The van der Waals surface area contributed by atoms with Crippen LogP contribution in [0.5, 0.6) is 5.75 Å². The maximum absolute atomic E-state index is 5.61. The van der Waals surface area contributed by atoms with Gasteiger partial charge in [0.05, 0.1) is 7.11 Å². The Labute approximate surface area is 90.2 Å². The van der Waals surface area contributed by atoms with Crippen LogP contribution in [0, 0.1) is 0 Å². The molecule has 0 saturated carbocycles. The number of methoxy groups -OCH3 is 1. The van der Waals surface area contributed by atoms with E-state index in [1.54, 1.807) is 13.3 Å². The number of ether oxygens (including phenoxy) is 1. The average Bonchev–Trinajstić information content (AvgIpc) is 2.26. The molecule has 0 radical (unpaired) electrons. The molecule has 0 bridgehead atoms. The van der Waals surface area contributed by atoms with Gasteiger partial charge < -0.3 is 15.8 Å². The van der Waals surface area contributed by atoms with Crippen LogP contribution in [0.3, 0.4) is 0 Å². The van der Waals surface area contributed by atoms with Crippen molar-refractivity contribution in [2.45, 2.75) is 6.42 Å². The van der Waals surface area contributed by atoms with Gasteiger partial charge in [-0.05, 0) is 31.6 Å². The van der Waals surface area contributed by atoms with Gasteiger partial charge >= 0.3 is 0 Å². The van der Waals surface area contributed by atoms with E-state index in [-0.39, 0.29) is 0 Å². The molecule has 1 aromatic rings. The van der Waals surface area contributed by atoms with E-state index < -0.39 is 0 Å². The zero-order valence-electron chi connectivity index (χ0n) is 9.16. The van der Waals surface area contributed by atoms with Crippen LogP contribution in [-0.4, -0.2) is 25.7 Å². The summed E-state index contributed by atoms with van der Waals surface area (Å²) in [5.74, 6) is 1.04. The summed E-state index contributed by atoms with van der Waals surface area (Å²) in [5, 5.41) is 3.07. The Morgan fingerprint density at radius 3 is 3.07 bits per heavy atom. The van der Waals surface area contributed by atoms with E-state index >= 15 is 0 Å². The molecule has 0 aliphatic rings. The van der Waals surface area contributed by atoms with Crippen LogP contribution >= 0.6 is 0 Å². The Kier molecular flexibility index (Phi) is 4.63. The lowest BCUT2D eigenvalue weighted by Gasteiger charge is -2.03. The van der Waals surface area contributed by atoms with Gasteiger partial charge in [-0.3, -0.25) is 0 Å². The molecule has 0 aromatic carbocycles. The molecule has 0 aliphatic carbocycles. The Morgan fingerprint density at radius 2 is 2.40 bits per heavy atom. The zero-order valence-corrected chi connectivity index (χ0v) is 9.16. The summed E-state index contributed by atoms with van der Waals surface area (Å²) in [7, 11) is 3.52.